The van der Waals surface area contributed by atoms with Crippen LogP contribution in [0.2, 0.25) is 0 Å². The fourth-order valence-corrected chi connectivity index (χ4v) is 9.65. The highest BCUT2D eigenvalue weighted by atomic mass is 14.7. The fourth-order valence-electron chi connectivity index (χ4n) is 9.65. The van der Waals surface area contributed by atoms with Gasteiger partial charge in [-0.15, -0.1) is 0 Å². The summed E-state index contributed by atoms with van der Waals surface area (Å²) in [6.07, 6.45) is 0. The predicted octanol–water partition coefficient (Wildman–Crippen LogP) is 12.8. The third kappa shape index (κ3) is 5.54. The van der Waals surface area contributed by atoms with E-state index < -0.39 is 16.2 Å². The monoisotopic (exact) mass is 680 g/mol. The van der Waals surface area contributed by atoms with Crippen molar-refractivity contribution in [1.29, 1.82) is 0 Å². The van der Waals surface area contributed by atoms with Gasteiger partial charge in [0.15, 0.2) is 0 Å². The standard InChI is InChI=1S/C53H44/c1-51(44-30-14-4-15-31-44,45-32-16-5-17-33-45)53(48-38-22-8-23-39-48,49-40-24-9-25-41-49)52(46-34-18-6-19-35-46,47-36-20-7-21-37-47)50(42-26-10-2-11-27-42)43-28-12-3-13-29-43/h2-41,50H,1H3. The molecular weight excluding hydrogens is 637 g/mol. The molecule has 8 aromatic carbocycles. The zero-order valence-corrected chi connectivity index (χ0v) is 30.2. The molecule has 0 saturated carbocycles. The van der Waals surface area contributed by atoms with E-state index >= 15 is 0 Å². The molecule has 0 saturated heterocycles. The molecule has 0 bridgehead atoms. The van der Waals surface area contributed by atoms with Crippen LogP contribution in [0.25, 0.3) is 0 Å². The number of rotatable bonds is 11. The quantitative estimate of drug-likeness (QED) is 0.128. The molecule has 0 heterocycles. The van der Waals surface area contributed by atoms with Crippen LogP contribution in [0.15, 0.2) is 243 Å². The number of hydrogen-bond donors (Lipinski definition) is 0. The lowest BCUT2D eigenvalue weighted by molar-refractivity contribution is 0.186. The van der Waals surface area contributed by atoms with Gasteiger partial charge in [0.1, 0.15) is 0 Å². The Morgan fingerprint density at radius 2 is 0.491 bits per heavy atom. The first-order chi connectivity index (χ1) is 26.2. The average Bonchev–Trinajstić information content (AvgIpc) is 3.26. The highest BCUT2D eigenvalue weighted by Crippen LogP contribution is 2.69. The minimum absolute atomic E-state index is 0.151. The van der Waals surface area contributed by atoms with Crippen molar-refractivity contribution in [3.05, 3.63) is 287 Å². The molecule has 0 N–H and O–H groups in total. The van der Waals surface area contributed by atoms with E-state index in [1.54, 1.807) is 0 Å². The molecule has 0 atom stereocenters. The first-order valence-electron chi connectivity index (χ1n) is 18.7. The molecule has 0 aliphatic carbocycles. The summed E-state index contributed by atoms with van der Waals surface area (Å²) in [5.74, 6) is -0.151. The lowest BCUT2D eigenvalue weighted by Crippen LogP contribution is -2.64. The maximum Gasteiger partial charge on any atom is 0.0483 e. The summed E-state index contributed by atoms with van der Waals surface area (Å²) in [6.45, 7) is 2.51. The summed E-state index contributed by atoms with van der Waals surface area (Å²) in [5, 5.41) is 0. The third-order valence-electron chi connectivity index (χ3n) is 11.6. The maximum absolute atomic E-state index is 2.51. The molecule has 0 unspecified atom stereocenters. The highest BCUT2D eigenvalue weighted by Gasteiger charge is 2.68. The van der Waals surface area contributed by atoms with E-state index in [-0.39, 0.29) is 5.92 Å². The molecule has 8 rings (SSSR count). The van der Waals surface area contributed by atoms with Crippen LogP contribution in [0.1, 0.15) is 57.3 Å². The molecule has 0 aliphatic rings. The second kappa shape index (κ2) is 14.8. The van der Waals surface area contributed by atoms with Crippen molar-refractivity contribution in [2.75, 3.05) is 0 Å². The minimum atomic E-state index is -0.801. The molecule has 0 heteroatoms. The van der Waals surface area contributed by atoms with Gasteiger partial charge in [0.05, 0.1) is 0 Å². The first-order valence-corrected chi connectivity index (χ1v) is 18.7. The lowest BCUT2D eigenvalue weighted by Gasteiger charge is -2.64. The number of hydrogen-bond acceptors (Lipinski definition) is 0. The largest absolute Gasteiger partial charge is 0.0622 e. The first kappa shape index (κ1) is 33.9. The van der Waals surface area contributed by atoms with Gasteiger partial charge in [-0.25, -0.2) is 0 Å². The summed E-state index contributed by atoms with van der Waals surface area (Å²) >= 11 is 0. The summed E-state index contributed by atoms with van der Waals surface area (Å²) in [6, 6.07) is 90.3. The van der Waals surface area contributed by atoms with E-state index in [0.717, 1.165) is 0 Å². The van der Waals surface area contributed by atoms with Gasteiger partial charge in [-0.1, -0.05) is 250 Å². The van der Waals surface area contributed by atoms with E-state index in [2.05, 4.69) is 250 Å². The zero-order chi connectivity index (χ0) is 36.0. The van der Waals surface area contributed by atoms with Crippen LogP contribution in [0.5, 0.6) is 0 Å². The maximum atomic E-state index is 2.51. The second-order valence-corrected chi connectivity index (χ2v) is 14.1. The molecular formula is C53H44. The molecule has 256 valence electrons. The van der Waals surface area contributed by atoms with Gasteiger partial charge in [-0.05, 0) is 44.5 Å². The molecule has 8 aromatic rings. The van der Waals surface area contributed by atoms with Crippen molar-refractivity contribution in [3.8, 4) is 0 Å². The summed E-state index contributed by atoms with van der Waals surface area (Å²) < 4.78 is 0. The highest BCUT2D eigenvalue weighted by molar-refractivity contribution is 5.67. The zero-order valence-electron chi connectivity index (χ0n) is 30.2. The Kier molecular flexibility index (Phi) is 9.45. The van der Waals surface area contributed by atoms with Gasteiger partial charge in [0, 0.05) is 22.2 Å². The van der Waals surface area contributed by atoms with Crippen molar-refractivity contribution in [3.63, 3.8) is 0 Å². The Morgan fingerprint density at radius 1 is 0.264 bits per heavy atom. The average molecular weight is 681 g/mol. The lowest BCUT2D eigenvalue weighted by atomic mass is 9.37. The van der Waals surface area contributed by atoms with Crippen LogP contribution < -0.4 is 0 Å². The normalized spacial score (nSPS) is 12.0. The Balaban J connectivity index is 1.74. The van der Waals surface area contributed by atoms with E-state index in [1.807, 2.05) is 0 Å². The molecule has 0 aliphatic heterocycles. The Hall–Kier alpha value is -6.24. The van der Waals surface area contributed by atoms with Gasteiger partial charge >= 0.3 is 0 Å². The van der Waals surface area contributed by atoms with Crippen LogP contribution in [0.4, 0.5) is 0 Å². The topological polar surface area (TPSA) is 0 Å². The van der Waals surface area contributed by atoms with Crippen molar-refractivity contribution in [2.45, 2.75) is 29.1 Å². The minimum Gasteiger partial charge on any atom is -0.0622 e. The van der Waals surface area contributed by atoms with Crippen molar-refractivity contribution >= 4 is 0 Å². The van der Waals surface area contributed by atoms with E-state index in [1.165, 1.54) is 44.5 Å². The van der Waals surface area contributed by atoms with Gasteiger partial charge < -0.3 is 0 Å². The van der Waals surface area contributed by atoms with Gasteiger partial charge in [-0.3, -0.25) is 0 Å². The van der Waals surface area contributed by atoms with Crippen molar-refractivity contribution < 1.29 is 0 Å². The third-order valence-corrected chi connectivity index (χ3v) is 11.6. The summed E-state index contributed by atoms with van der Waals surface area (Å²) in [4.78, 5) is 0. The predicted molar refractivity (Wildman–Crippen MR) is 221 cm³/mol. The fraction of sp³-hybridized carbons (Fsp3) is 0.0943. The van der Waals surface area contributed by atoms with Crippen LogP contribution in [0, 0.1) is 0 Å². The van der Waals surface area contributed by atoms with E-state index in [0.29, 0.717) is 0 Å². The summed E-state index contributed by atoms with van der Waals surface area (Å²) in [5.41, 5.74) is 7.74. The van der Waals surface area contributed by atoms with Crippen LogP contribution in [0.3, 0.4) is 0 Å². The van der Waals surface area contributed by atoms with Crippen LogP contribution >= 0.6 is 0 Å². The second-order valence-electron chi connectivity index (χ2n) is 14.1. The SMILES string of the molecule is CC(c1ccccc1)(c1ccccc1)C(c1ccccc1)(c1ccccc1)C(c1ccccc1)(c1ccccc1)C(c1ccccc1)c1ccccc1. The Labute approximate surface area is 315 Å². The Morgan fingerprint density at radius 3 is 0.774 bits per heavy atom. The van der Waals surface area contributed by atoms with Gasteiger partial charge in [0.25, 0.3) is 0 Å². The molecule has 0 nitrogen and oxygen atoms in total. The number of benzene rings is 8. The van der Waals surface area contributed by atoms with Gasteiger partial charge in [0.2, 0.25) is 0 Å². The van der Waals surface area contributed by atoms with Crippen molar-refractivity contribution in [1.82, 2.24) is 0 Å². The van der Waals surface area contributed by atoms with Crippen LogP contribution in [-0.4, -0.2) is 0 Å². The van der Waals surface area contributed by atoms with Crippen LogP contribution in [-0.2, 0) is 16.2 Å². The smallest absolute Gasteiger partial charge is 0.0483 e. The molecule has 0 radical (unpaired) electrons. The molecule has 0 aromatic heterocycles. The van der Waals surface area contributed by atoms with Gasteiger partial charge in [-0.2, -0.15) is 0 Å². The van der Waals surface area contributed by atoms with E-state index in [4.69, 9.17) is 0 Å². The molecule has 53 heavy (non-hydrogen) atoms. The molecule has 0 spiro atoms. The van der Waals surface area contributed by atoms with Crippen molar-refractivity contribution in [2.24, 2.45) is 0 Å². The summed E-state index contributed by atoms with van der Waals surface area (Å²) in [7, 11) is 0. The van der Waals surface area contributed by atoms with E-state index in [9.17, 15) is 0 Å². The molecule has 0 fully saturated rings. The molecule has 0 amide bonds. The Bertz CT molecular complexity index is 2140.